The van der Waals surface area contributed by atoms with Gasteiger partial charge in [-0.25, -0.2) is 9.07 Å². The first-order valence-electron chi connectivity index (χ1n) is 14.6. The number of aromatic nitrogens is 3. The minimum Gasteiger partial charge on any atom is -0.508 e. The maximum absolute atomic E-state index is 13.6. The molecule has 212 valence electrons. The number of H-pyrrole nitrogens is 1. The van der Waals surface area contributed by atoms with Gasteiger partial charge in [-0.15, -0.1) is 0 Å². The third-order valence-electron chi connectivity index (χ3n) is 9.09. The van der Waals surface area contributed by atoms with E-state index in [0.29, 0.717) is 5.92 Å². The number of fused-ring (bicyclic) bond motifs is 2. The quantitative estimate of drug-likeness (QED) is 0.187. The van der Waals surface area contributed by atoms with E-state index in [1.165, 1.54) is 34.5 Å². The molecule has 0 spiro atoms. The number of benzene rings is 3. The molecule has 2 aliphatic rings. The summed E-state index contributed by atoms with van der Waals surface area (Å²) in [5.74, 6) is 0.478. The van der Waals surface area contributed by atoms with Crippen molar-refractivity contribution in [3.63, 3.8) is 0 Å². The number of halogens is 1. The summed E-state index contributed by atoms with van der Waals surface area (Å²) in [5, 5.41) is 18.9. The molecular formula is C35H33FN4O2. The lowest BCUT2D eigenvalue weighted by Crippen LogP contribution is -2.31. The molecule has 42 heavy (non-hydrogen) atoms. The highest BCUT2D eigenvalue weighted by molar-refractivity contribution is 5.89. The van der Waals surface area contributed by atoms with Crippen LogP contribution in [-0.2, 0) is 17.6 Å². The van der Waals surface area contributed by atoms with Crippen molar-refractivity contribution in [2.75, 3.05) is 0 Å². The first-order valence-corrected chi connectivity index (χ1v) is 14.6. The highest BCUT2D eigenvalue weighted by Gasteiger charge is 2.37. The minimum atomic E-state index is -0.252. The second-order valence-electron chi connectivity index (χ2n) is 11.6. The van der Waals surface area contributed by atoms with Crippen LogP contribution < -0.4 is 5.32 Å². The highest BCUT2D eigenvalue weighted by atomic mass is 19.1. The molecule has 2 aromatic heterocycles. The molecule has 6 nitrogen and oxygen atoms in total. The maximum atomic E-state index is 13.6. The summed E-state index contributed by atoms with van der Waals surface area (Å²) in [7, 11) is 0. The van der Waals surface area contributed by atoms with E-state index >= 15 is 0 Å². The van der Waals surface area contributed by atoms with Gasteiger partial charge in [0.2, 0.25) is 5.91 Å². The minimum absolute atomic E-state index is 0.0418. The molecule has 1 amide bonds. The number of amides is 1. The molecule has 0 radical (unpaired) electrons. The van der Waals surface area contributed by atoms with Crippen LogP contribution in [0, 0.1) is 11.7 Å². The van der Waals surface area contributed by atoms with Crippen LogP contribution in [0.25, 0.3) is 16.6 Å². The van der Waals surface area contributed by atoms with Gasteiger partial charge in [-0.1, -0.05) is 48.4 Å². The van der Waals surface area contributed by atoms with E-state index in [2.05, 4.69) is 29.4 Å². The number of hydrogen-bond acceptors (Lipinski definition) is 3. The highest BCUT2D eigenvalue weighted by Crippen LogP contribution is 2.49. The molecule has 1 unspecified atom stereocenters. The van der Waals surface area contributed by atoms with Gasteiger partial charge in [-0.05, 0) is 78.8 Å². The van der Waals surface area contributed by atoms with E-state index in [1.54, 1.807) is 24.3 Å². The van der Waals surface area contributed by atoms with E-state index < -0.39 is 0 Å². The molecule has 3 N–H and O–H groups in total. The number of rotatable bonds is 7. The average Bonchev–Trinajstić information content (AvgIpc) is 3.71. The second-order valence-corrected chi connectivity index (χ2v) is 11.6. The molecule has 2 heterocycles. The Morgan fingerprint density at radius 3 is 2.76 bits per heavy atom. The van der Waals surface area contributed by atoms with Crippen LogP contribution >= 0.6 is 0 Å². The number of aromatic amines is 1. The number of allylic oxidation sites excluding steroid dienone is 2. The van der Waals surface area contributed by atoms with Gasteiger partial charge in [-0.2, -0.15) is 5.10 Å². The molecule has 0 saturated heterocycles. The van der Waals surface area contributed by atoms with Crippen molar-refractivity contribution >= 4 is 16.8 Å². The molecule has 0 aliphatic heterocycles. The third kappa shape index (κ3) is 4.79. The number of nitrogens with zero attached hydrogens (tertiary/aromatic N) is 2. The standard InChI is InChI=1S/C35H33FN4O2/c1-21-30-20-38-40(27-11-9-26(36)10-12-27)33(30)16-24-8-7-23(35(21)24)15-32(22-5-3-2-4-6-22)39-34(42)17-25-19-37-31-14-13-28(41)18-29(25)31/h2-6,9-14,18-21,23,32,37,41H,7-8,15-17H2,1H3,(H,39,42)/t21-,23+,32?/m0/s1. The molecule has 3 aromatic carbocycles. The zero-order chi connectivity index (χ0) is 28.8. The second kappa shape index (κ2) is 10.6. The predicted molar refractivity (Wildman–Crippen MR) is 161 cm³/mol. The van der Waals surface area contributed by atoms with Gasteiger partial charge < -0.3 is 15.4 Å². The topological polar surface area (TPSA) is 82.9 Å². The van der Waals surface area contributed by atoms with Gasteiger partial charge in [0.25, 0.3) is 0 Å². The van der Waals surface area contributed by atoms with Crippen LogP contribution in [0.15, 0.2) is 96.3 Å². The van der Waals surface area contributed by atoms with Gasteiger partial charge in [0.1, 0.15) is 11.6 Å². The summed E-state index contributed by atoms with van der Waals surface area (Å²) in [5.41, 5.74) is 9.12. The van der Waals surface area contributed by atoms with E-state index in [0.717, 1.165) is 53.4 Å². The van der Waals surface area contributed by atoms with Crippen LogP contribution in [0.3, 0.4) is 0 Å². The summed E-state index contributed by atoms with van der Waals surface area (Å²) in [6.07, 6.45) is 7.82. The Kier molecular flexibility index (Phi) is 6.65. The smallest absolute Gasteiger partial charge is 0.224 e. The summed E-state index contributed by atoms with van der Waals surface area (Å²) >= 11 is 0. The first kappa shape index (κ1) is 26.3. The van der Waals surface area contributed by atoms with Crippen LogP contribution in [0.4, 0.5) is 4.39 Å². The Morgan fingerprint density at radius 2 is 1.95 bits per heavy atom. The van der Waals surface area contributed by atoms with E-state index in [4.69, 9.17) is 5.10 Å². The Bertz CT molecular complexity index is 1800. The van der Waals surface area contributed by atoms with E-state index in [9.17, 15) is 14.3 Å². The molecule has 7 heteroatoms. The van der Waals surface area contributed by atoms with Gasteiger partial charge in [0.05, 0.1) is 30.0 Å². The zero-order valence-electron chi connectivity index (χ0n) is 23.5. The number of carbonyl (C=O) groups excluding carboxylic acids is 1. The summed E-state index contributed by atoms with van der Waals surface area (Å²) in [4.78, 5) is 16.6. The van der Waals surface area contributed by atoms with Gasteiger partial charge >= 0.3 is 0 Å². The lowest BCUT2D eigenvalue weighted by Gasteiger charge is -2.30. The van der Waals surface area contributed by atoms with Crippen LogP contribution in [-0.4, -0.2) is 25.8 Å². The van der Waals surface area contributed by atoms with Crippen molar-refractivity contribution in [2.24, 2.45) is 5.92 Å². The van der Waals surface area contributed by atoms with Crippen LogP contribution in [0.5, 0.6) is 5.75 Å². The third-order valence-corrected chi connectivity index (χ3v) is 9.09. The van der Waals surface area contributed by atoms with Crippen molar-refractivity contribution in [1.82, 2.24) is 20.1 Å². The van der Waals surface area contributed by atoms with Crippen molar-refractivity contribution in [1.29, 1.82) is 0 Å². The van der Waals surface area contributed by atoms with E-state index in [-0.39, 0.29) is 35.9 Å². The summed E-state index contributed by atoms with van der Waals surface area (Å²) in [6.45, 7) is 2.27. The number of nitrogens with one attached hydrogen (secondary N) is 2. The first-order chi connectivity index (χ1) is 20.4. The lowest BCUT2D eigenvalue weighted by atomic mass is 9.77. The Labute approximate surface area is 243 Å². The zero-order valence-corrected chi connectivity index (χ0v) is 23.5. The van der Waals surface area contributed by atoms with Crippen molar-refractivity contribution in [3.05, 3.63) is 125 Å². The molecule has 0 saturated carbocycles. The van der Waals surface area contributed by atoms with Gasteiger partial charge in [-0.3, -0.25) is 4.79 Å². The van der Waals surface area contributed by atoms with E-state index in [1.807, 2.05) is 41.3 Å². The Balaban J connectivity index is 1.12. The Morgan fingerprint density at radius 1 is 1.14 bits per heavy atom. The van der Waals surface area contributed by atoms with Crippen molar-refractivity contribution in [2.45, 2.75) is 51.0 Å². The summed E-state index contributed by atoms with van der Waals surface area (Å²) < 4.78 is 15.5. The molecule has 2 aliphatic carbocycles. The number of phenolic OH excluding ortho intramolecular Hbond substituents is 1. The van der Waals surface area contributed by atoms with Gasteiger partial charge in [0, 0.05) is 35.0 Å². The van der Waals surface area contributed by atoms with Crippen LogP contribution in [0.1, 0.15) is 60.5 Å². The average molecular weight is 561 g/mol. The fourth-order valence-electron chi connectivity index (χ4n) is 7.11. The monoisotopic (exact) mass is 560 g/mol. The maximum Gasteiger partial charge on any atom is 0.224 e. The number of carbonyl (C=O) groups is 1. The fraction of sp³-hybridized carbons (Fsp3) is 0.257. The molecule has 3 atom stereocenters. The van der Waals surface area contributed by atoms with Crippen LogP contribution in [0.2, 0.25) is 0 Å². The SMILES string of the molecule is C[C@@H]1C2=C(CC[C@@H]2CC(NC(=O)Cc2c[nH]c3ccc(O)cc23)c2ccccc2)Cc2c1cnn2-c1ccc(F)cc1. The fourth-order valence-corrected chi connectivity index (χ4v) is 7.11. The lowest BCUT2D eigenvalue weighted by molar-refractivity contribution is -0.121. The van der Waals surface area contributed by atoms with Crippen molar-refractivity contribution in [3.8, 4) is 11.4 Å². The number of hydrogen-bond donors (Lipinski definition) is 3. The predicted octanol–water partition coefficient (Wildman–Crippen LogP) is 7.05. The molecule has 7 rings (SSSR count). The largest absolute Gasteiger partial charge is 0.508 e. The van der Waals surface area contributed by atoms with Crippen molar-refractivity contribution < 1.29 is 14.3 Å². The molecular weight excluding hydrogens is 527 g/mol. The Hall–Kier alpha value is -4.65. The molecule has 0 bridgehead atoms. The molecule has 0 fully saturated rings. The van der Waals surface area contributed by atoms with Gasteiger partial charge in [0.15, 0.2) is 0 Å². The summed E-state index contributed by atoms with van der Waals surface area (Å²) in [6, 6.07) is 21.8. The number of aromatic hydroxyl groups is 1. The normalized spacial score (nSPS) is 18.6. The number of phenols is 1. The molecule has 5 aromatic rings.